The van der Waals surface area contributed by atoms with Crippen LogP contribution < -0.4 is 0 Å². The summed E-state index contributed by atoms with van der Waals surface area (Å²) in [6, 6.07) is 4.76. The lowest BCUT2D eigenvalue weighted by atomic mass is 9.90. The molecule has 1 atom stereocenters. The summed E-state index contributed by atoms with van der Waals surface area (Å²) >= 11 is 0. The zero-order valence-electron chi connectivity index (χ0n) is 11.4. The molecule has 0 radical (unpaired) electrons. The molecule has 1 aliphatic rings. The van der Waals surface area contributed by atoms with Gasteiger partial charge in [0.05, 0.1) is 5.71 Å². The van der Waals surface area contributed by atoms with Gasteiger partial charge in [-0.2, -0.15) is 0 Å². The van der Waals surface area contributed by atoms with Crippen LogP contribution in [0.4, 0.5) is 8.78 Å². The molecule has 1 nitrogen and oxygen atoms in total. The lowest BCUT2D eigenvalue weighted by Gasteiger charge is -2.17. The molecule has 0 aliphatic heterocycles. The molecular formula is C16H17F2N. The normalized spacial score (nSPS) is 20.1. The molecule has 0 amide bonds. The highest BCUT2D eigenvalue weighted by atomic mass is 19.1. The van der Waals surface area contributed by atoms with Gasteiger partial charge >= 0.3 is 0 Å². The Morgan fingerprint density at radius 2 is 2.00 bits per heavy atom. The minimum absolute atomic E-state index is 0.300. The molecule has 0 spiro atoms. The van der Waals surface area contributed by atoms with Gasteiger partial charge < -0.3 is 0 Å². The van der Waals surface area contributed by atoms with Crippen molar-refractivity contribution in [3.8, 4) is 0 Å². The van der Waals surface area contributed by atoms with E-state index in [1.807, 2.05) is 26.0 Å². The summed E-state index contributed by atoms with van der Waals surface area (Å²) in [6.07, 6.45) is 2.83. The molecule has 2 rings (SSSR count). The van der Waals surface area contributed by atoms with Gasteiger partial charge in [-0.25, -0.2) is 8.78 Å². The Morgan fingerprint density at radius 1 is 1.26 bits per heavy atom. The van der Waals surface area contributed by atoms with E-state index in [1.54, 1.807) is 13.1 Å². The molecule has 1 aromatic rings. The Balaban J connectivity index is 2.49. The number of aliphatic imine (C=N–C) groups is 1. The Hall–Kier alpha value is -1.77. The van der Waals surface area contributed by atoms with E-state index in [-0.39, 0.29) is 5.82 Å². The van der Waals surface area contributed by atoms with Gasteiger partial charge in [0.15, 0.2) is 0 Å². The summed E-state index contributed by atoms with van der Waals surface area (Å²) in [5.74, 6) is -0.300. The van der Waals surface area contributed by atoms with Crippen molar-refractivity contribution in [1.29, 1.82) is 0 Å². The van der Waals surface area contributed by atoms with E-state index < -0.39 is 6.17 Å². The van der Waals surface area contributed by atoms with Crippen LogP contribution in [-0.2, 0) is 0 Å². The number of rotatable bonds is 2. The Bertz CT molecular complexity index is 562. The van der Waals surface area contributed by atoms with Gasteiger partial charge in [0.1, 0.15) is 12.0 Å². The summed E-state index contributed by atoms with van der Waals surface area (Å²) in [6.45, 7) is 3.75. The van der Waals surface area contributed by atoms with E-state index in [2.05, 4.69) is 4.99 Å². The fourth-order valence-electron chi connectivity index (χ4n) is 2.32. The van der Waals surface area contributed by atoms with Crippen LogP contribution in [0.5, 0.6) is 0 Å². The van der Waals surface area contributed by atoms with Crippen LogP contribution in [0.25, 0.3) is 0 Å². The Kier molecular flexibility index (Phi) is 3.93. The van der Waals surface area contributed by atoms with Crippen molar-refractivity contribution in [3.63, 3.8) is 0 Å². The van der Waals surface area contributed by atoms with E-state index in [4.69, 9.17) is 0 Å². The second-order valence-electron chi connectivity index (χ2n) is 4.81. The average Bonchev–Trinajstić information content (AvgIpc) is 2.33. The summed E-state index contributed by atoms with van der Waals surface area (Å²) in [7, 11) is 1.64. The lowest BCUT2D eigenvalue weighted by Crippen LogP contribution is -2.13. The number of allylic oxidation sites excluding steroid dienone is 4. The smallest absolute Gasteiger partial charge is 0.124 e. The first-order valence-corrected chi connectivity index (χ1v) is 6.29. The molecule has 0 aromatic heterocycles. The van der Waals surface area contributed by atoms with E-state index >= 15 is 0 Å². The highest BCUT2D eigenvalue weighted by Gasteiger charge is 2.18. The fourth-order valence-corrected chi connectivity index (χ4v) is 2.32. The summed E-state index contributed by atoms with van der Waals surface area (Å²) in [5, 5.41) is 0. The summed E-state index contributed by atoms with van der Waals surface area (Å²) in [5.41, 5.74) is 3.89. The molecule has 100 valence electrons. The van der Waals surface area contributed by atoms with Crippen LogP contribution in [-0.4, -0.2) is 18.9 Å². The van der Waals surface area contributed by atoms with Gasteiger partial charge in [-0.05, 0) is 49.3 Å². The quantitative estimate of drug-likeness (QED) is 0.709. The van der Waals surface area contributed by atoms with Crippen LogP contribution in [0.3, 0.4) is 0 Å². The van der Waals surface area contributed by atoms with Gasteiger partial charge in [-0.1, -0.05) is 6.08 Å². The van der Waals surface area contributed by atoms with E-state index in [0.717, 1.165) is 16.7 Å². The van der Waals surface area contributed by atoms with Crippen LogP contribution >= 0.6 is 0 Å². The second-order valence-corrected chi connectivity index (χ2v) is 4.81. The van der Waals surface area contributed by atoms with Crippen LogP contribution in [0.2, 0.25) is 0 Å². The largest absolute Gasteiger partial charge is 0.287 e. The van der Waals surface area contributed by atoms with Gasteiger partial charge in [-0.15, -0.1) is 0 Å². The number of halogens is 2. The lowest BCUT2D eigenvalue weighted by molar-refractivity contribution is 0.399. The monoisotopic (exact) mass is 261 g/mol. The highest BCUT2D eigenvalue weighted by molar-refractivity contribution is 6.15. The molecule has 3 heteroatoms. The fraction of sp³-hybridized carbons (Fsp3) is 0.312. The van der Waals surface area contributed by atoms with Crippen LogP contribution in [0.1, 0.15) is 24.5 Å². The van der Waals surface area contributed by atoms with Crippen molar-refractivity contribution in [2.24, 2.45) is 4.99 Å². The second kappa shape index (κ2) is 5.47. The number of hydrogen-bond acceptors (Lipinski definition) is 1. The molecule has 0 N–H and O–H groups in total. The predicted molar refractivity (Wildman–Crippen MR) is 75.0 cm³/mol. The first-order valence-electron chi connectivity index (χ1n) is 6.29. The number of hydrogen-bond donors (Lipinski definition) is 0. The minimum atomic E-state index is -0.995. The first-order chi connectivity index (χ1) is 9.01. The minimum Gasteiger partial charge on any atom is -0.287 e. The predicted octanol–water partition coefficient (Wildman–Crippen LogP) is 4.17. The van der Waals surface area contributed by atoms with Crippen molar-refractivity contribution in [2.75, 3.05) is 7.05 Å². The summed E-state index contributed by atoms with van der Waals surface area (Å²) < 4.78 is 27.0. The molecule has 1 aromatic carbocycles. The topological polar surface area (TPSA) is 12.4 Å². The van der Waals surface area contributed by atoms with Crippen molar-refractivity contribution < 1.29 is 8.78 Å². The number of nitrogens with zero attached hydrogens (tertiary/aromatic N) is 1. The molecule has 1 unspecified atom stereocenters. The Morgan fingerprint density at radius 3 is 2.63 bits per heavy atom. The molecule has 0 fully saturated rings. The van der Waals surface area contributed by atoms with Crippen molar-refractivity contribution in [2.45, 2.75) is 26.4 Å². The number of alkyl halides is 1. The maximum Gasteiger partial charge on any atom is 0.124 e. The van der Waals surface area contributed by atoms with Crippen molar-refractivity contribution in [3.05, 3.63) is 58.4 Å². The standard InChI is InChI=1S/C16H17F2N/c1-10-6-12(8-14(18)7-10)16(19-3)15-9-13(17)5-4-11(15)2/h4,6-9,13H,5H2,1-3H3/b19-16-. The SMILES string of the molecule is C/N=C(\C1=CC(F)CC=C1C)c1cc(C)cc(F)c1. The maximum absolute atomic E-state index is 13.5. The van der Waals surface area contributed by atoms with Crippen LogP contribution in [0.15, 0.2) is 46.5 Å². The van der Waals surface area contributed by atoms with E-state index in [0.29, 0.717) is 17.7 Å². The zero-order chi connectivity index (χ0) is 14.0. The molecule has 0 saturated heterocycles. The molecular weight excluding hydrogens is 244 g/mol. The molecule has 0 heterocycles. The highest BCUT2D eigenvalue weighted by Crippen LogP contribution is 2.25. The van der Waals surface area contributed by atoms with Gasteiger partial charge in [0.2, 0.25) is 0 Å². The van der Waals surface area contributed by atoms with Crippen molar-refractivity contribution in [1.82, 2.24) is 0 Å². The molecule has 0 bridgehead atoms. The van der Waals surface area contributed by atoms with E-state index in [9.17, 15) is 8.78 Å². The number of benzene rings is 1. The number of aryl methyl sites for hydroxylation is 1. The first kappa shape index (κ1) is 13.7. The molecule has 19 heavy (non-hydrogen) atoms. The van der Waals surface area contributed by atoms with Gasteiger partial charge in [0.25, 0.3) is 0 Å². The molecule has 1 aliphatic carbocycles. The average molecular weight is 261 g/mol. The van der Waals surface area contributed by atoms with Crippen LogP contribution in [0, 0.1) is 12.7 Å². The van der Waals surface area contributed by atoms with Crippen molar-refractivity contribution >= 4 is 5.71 Å². The van der Waals surface area contributed by atoms with Gasteiger partial charge in [0, 0.05) is 24.6 Å². The van der Waals surface area contributed by atoms with Gasteiger partial charge in [-0.3, -0.25) is 4.99 Å². The Labute approximate surface area is 112 Å². The third-order valence-electron chi connectivity index (χ3n) is 3.22. The maximum atomic E-state index is 13.5. The third kappa shape index (κ3) is 2.98. The third-order valence-corrected chi connectivity index (χ3v) is 3.22. The zero-order valence-corrected chi connectivity index (χ0v) is 11.4. The van der Waals surface area contributed by atoms with E-state index in [1.165, 1.54) is 12.1 Å². The summed E-state index contributed by atoms with van der Waals surface area (Å²) in [4.78, 5) is 4.22. The molecule has 0 saturated carbocycles.